The number of rotatable bonds is 5. The summed E-state index contributed by atoms with van der Waals surface area (Å²) in [5.41, 5.74) is 1.06. The molecule has 1 unspecified atom stereocenters. The van der Waals surface area contributed by atoms with Crippen LogP contribution in [0.2, 0.25) is 0 Å². The van der Waals surface area contributed by atoms with Crippen LogP contribution in [0.3, 0.4) is 0 Å². The minimum absolute atomic E-state index is 0.158. The van der Waals surface area contributed by atoms with Gasteiger partial charge in [-0.2, -0.15) is 0 Å². The van der Waals surface area contributed by atoms with Crippen molar-refractivity contribution in [3.8, 4) is 5.88 Å². The lowest BCUT2D eigenvalue weighted by Crippen LogP contribution is -2.10. The van der Waals surface area contributed by atoms with Crippen LogP contribution in [0.25, 0.3) is 0 Å². The molecule has 2 rings (SSSR count). The Hall–Kier alpha value is -0.640. The van der Waals surface area contributed by atoms with Gasteiger partial charge < -0.3 is 4.74 Å². The fourth-order valence-electron chi connectivity index (χ4n) is 1.62. The molecular formula is C12H17BrN2O. The normalized spacial score (nSPS) is 17.5. The average Bonchev–Trinajstić information content (AvgIpc) is 2.99. The third-order valence-corrected chi connectivity index (χ3v) is 3.66. The van der Waals surface area contributed by atoms with Gasteiger partial charge in [-0.3, -0.25) is 0 Å². The lowest BCUT2D eigenvalue weighted by Gasteiger charge is -2.10. The van der Waals surface area contributed by atoms with E-state index in [9.17, 15) is 0 Å². The van der Waals surface area contributed by atoms with Gasteiger partial charge in [-0.25, -0.2) is 9.97 Å². The lowest BCUT2D eigenvalue weighted by atomic mass is 10.2. The number of hydrogen-bond acceptors (Lipinski definition) is 3. The van der Waals surface area contributed by atoms with Crippen LogP contribution in [0.1, 0.15) is 32.4 Å². The van der Waals surface area contributed by atoms with E-state index in [4.69, 9.17) is 4.74 Å². The maximum atomic E-state index is 5.55. The van der Waals surface area contributed by atoms with Gasteiger partial charge in [0.1, 0.15) is 6.33 Å². The second-order valence-corrected chi connectivity index (χ2v) is 5.75. The van der Waals surface area contributed by atoms with Gasteiger partial charge in [-0.1, -0.05) is 15.9 Å². The van der Waals surface area contributed by atoms with Crippen molar-refractivity contribution in [1.82, 2.24) is 9.97 Å². The van der Waals surface area contributed by atoms with Gasteiger partial charge >= 0.3 is 0 Å². The van der Waals surface area contributed by atoms with E-state index in [1.807, 2.05) is 19.9 Å². The molecule has 4 heteroatoms. The molecule has 0 radical (unpaired) electrons. The Morgan fingerprint density at radius 2 is 2.19 bits per heavy atom. The van der Waals surface area contributed by atoms with Gasteiger partial charge in [-0.15, -0.1) is 0 Å². The Balaban J connectivity index is 1.97. The highest BCUT2D eigenvalue weighted by atomic mass is 79.9. The molecule has 1 aliphatic carbocycles. The van der Waals surface area contributed by atoms with Crippen LogP contribution in [0.5, 0.6) is 5.88 Å². The molecule has 88 valence electrons. The highest BCUT2D eigenvalue weighted by molar-refractivity contribution is 9.09. The minimum atomic E-state index is 0.158. The molecule has 1 aliphatic rings. The average molecular weight is 285 g/mol. The molecule has 1 atom stereocenters. The standard InChI is InChI=1S/C12H17BrN2O/c1-8(2)16-12-6-10(14-7-15-12)5-11(13)9-3-4-9/h6-9,11H,3-5H2,1-2H3. The van der Waals surface area contributed by atoms with Crippen LogP contribution in [0, 0.1) is 5.92 Å². The first kappa shape index (κ1) is 11.8. The molecule has 0 aliphatic heterocycles. The second kappa shape index (κ2) is 5.13. The Labute approximate surface area is 105 Å². The van der Waals surface area contributed by atoms with Crippen LogP contribution in [-0.2, 0) is 6.42 Å². The Kier molecular flexibility index (Phi) is 3.79. The smallest absolute Gasteiger partial charge is 0.216 e. The first-order valence-electron chi connectivity index (χ1n) is 5.77. The first-order chi connectivity index (χ1) is 7.65. The van der Waals surface area contributed by atoms with Crippen LogP contribution in [0.4, 0.5) is 0 Å². The van der Waals surface area contributed by atoms with Crippen molar-refractivity contribution >= 4 is 15.9 Å². The van der Waals surface area contributed by atoms with E-state index < -0.39 is 0 Å². The third kappa shape index (κ3) is 3.44. The zero-order valence-corrected chi connectivity index (χ0v) is 11.3. The number of aromatic nitrogens is 2. The first-order valence-corrected chi connectivity index (χ1v) is 6.68. The fraction of sp³-hybridized carbons (Fsp3) is 0.667. The molecule has 16 heavy (non-hydrogen) atoms. The van der Waals surface area contributed by atoms with Crippen molar-refractivity contribution in [1.29, 1.82) is 0 Å². The third-order valence-electron chi connectivity index (χ3n) is 2.59. The second-order valence-electron chi connectivity index (χ2n) is 4.57. The minimum Gasteiger partial charge on any atom is -0.475 e. The summed E-state index contributed by atoms with van der Waals surface area (Å²) in [5, 5.41) is 0. The monoisotopic (exact) mass is 284 g/mol. The summed E-state index contributed by atoms with van der Waals surface area (Å²) in [6.07, 6.45) is 5.39. The maximum Gasteiger partial charge on any atom is 0.216 e. The van der Waals surface area contributed by atoms with Gasteiger partial charge in [0.05, 0.1) is 6.10 Å². The Bertz CT molecular complexity index is 353. The van der Waals surface area contributed by atoms with Crippen molar-refractivity contribution in [3.05, 3.63) is 18.1 Å². The fourth-order valence-corrected chi connectivity index (χ4v) is 2.48. The SMILES string of the molecule is CC(C)Oc1cc(CC(Br)C2CC2)ncn1. The van der Waals surface area contributed by atoms with E-state index >= 15 is 0 Å². The Morgan fingerprint density at radius 3 is 2.81 bits per heavy atom. The lowest BCUT2D eigenvalue weighted by molar-refractivity contribution is 0.232. The Morgan fingerprint density at radius 1 is 1.44 bits per heavy atom. The highest BCUT2D eigenvalue weighted by Crippen LogP contribution is 2.38. The summed E-state index contributed by atoms with van der Waals surface area (Å²) in [6.45, 7) is 4.00. The number of halogens is 1. The van der Waals surface area contributed by atoms with Crippen molar-refractivity contribution in [2.45, 2.75) is 44.0 Å². The molecule has 0 bridgehead atoms. The van der Waals surface area contributed by atoms with E-state index in [0.717, 1.165) is 18.0 Å². The van der Waals surface area contributed by atoms with Crippen molar-refractivity contribution in [2.75, 3.05) is 0 Å². The van der Waals surface area contributed by atoms with E-state index in [1.54, 1.807) is 6.33 Å². The van der Waals surface area contributed by atoms with E-state index in [0.29, 0.717) is 10.7 Å². The summed E-state index contributed by atoms with van der Waals surface area (Å²) in [7, 11) is 0. The van der Waals surface area contributed by atoms with E-state index in [2.05, 4.69) is 25.9 Å². The van der Waals surface area contributed by atoms with Crippen molar-refractivity contribution in [3.63, 3.8) is 0 Å². The summed E-state index contributed by atoms with van der Waals surface area (Å²) in [5.74, 6) is 1.51. The molecule has 3 nitrogen and oxygen atoms in total. The molecule has 1 saturated carbocycles. The molecule has 0 amide bonds. The van der Waals surface area contributed by atoms with Gasteiger partial charge in [-0.05, 0) is 32.6 Å². The van der Waals surface area contributed by atoms with Gasteiger partial charge in [0.15, 0.2) is 0 Å². The van der Waals surface area contributed by atoms with E-state index in [-0.39, 0.29) is 6.10 Å². The number of ether oxygens (including phenoxy) is 1. The molecule has 0 spiro atoms. The maximum absolute atomic E-state index is 5.55. The van der Waals surface area contributed by atoms with Crippen LogP contribution < -0.4 is 4.74 Å². The van der Waals surface area contributed by atoms with Gasteiger partial charge in [0.2, 0.25) is 5.88 Å². The molecular weight excluding hydrogens is 268 g/mol. The van der Waals surface area contributed by atoms with Crippen LogP contribution in [-0.4, -0.2) is 20.9 Å². The molecule has 1 fully saturated rings. The zero-order chi connectivity index (χ0) is 11.5. The molecule has 1 aromatic heterocycles. The topological polar surface area (TPSA) is 35.0 Å². The van der Waals surface area contributed by atoms with Gasteiger partial charge in [0.25, 0.3) is 0 Å². The van der Waals surface area contributed by atoms with Gasteiger partial charge in [0, 0.05) is 23.0 Å². The summed E-state index contributed by atoms with van der Waals surface area (Å²) in [6, 6.07) is 1.94. The molecule has 1 heterocycles. The van der Waals surface area contributed by atoms with Crippen molar-refractivity contribution < 1.29 is 4.74 Å². The zero-order valence-electron chi connectivity index (χ0n) is 9.69. The number of hydrogen-bond donors (Lipinski definition) is 0. The number of alkyl halides is 1. The molecule has 0 saturated heterocycles. The van der Waals surface area contributed by atoms with Crippen LogP contribution >= 0.6 is 15.9 Å². The molecule has 0 N–H and O–H groups in total. The quantitative estimate of drug-likeness (QED) is 0.780. The largest absolute Gasteiger partial charge is 0.475 e. The predicted molar refractivity (Wildman–Crippen MR) is 66.9 cm³/mol. The van der Waals surface area contributed by atoms with Crippen molar-refractivity contribution in [2.24, 2.45) is 5.92 Å². The molecule has 0 aromatic carbocycles. The summed E-state index contributed by atoms with van der Waals surface area (Å²) < 4.78 is 5.55. The highest BCUT2D eigenvalue weighted by Gasteiger charge is 2.29. The number of nitrogens with zero attached hydrogens (tertiary/aromatic N) is 2. The molecule has 1 aromatic rings. The van der Waals surface area contributed by atoms with Crippen LogP contribution in [0.15, 0.2) is 12.4 Å². The van der Waals surface area contributed by atoms with E-state index in [1.165, 1.54) is 12.8 Å². The summed E-state index contributed by atoms with van der Waals surface area (Å²) >= 11 is 3.72. The predicted octanol–water partition coefficient (Wildman–Crippen LogP) is 2.98. The summed E-state index contributed by atoms with van der Waals surface area (Å²) in [4.78, 5) is 8.92.